The average molecular weight is 298 g/mol. The van der Waals surface area contributed by atoms with E-state index in [4.69, 9.17) is 5.11 Å². The summed E-state index contributed by atoms with van der Waals surface area (Å²) in [6.45, 7) is 1.45. The Morgan fingerprint density at radius 3 is 2.77 bits per heavy atom. The van der Waals surface area contributed by atoms with Crippen molar-refractivity contribution in [2.24, 2.45) is 0 Å². The van der Waals surface area contributed by atoms with Crippen LogP contribution in [0.15, 0.2) is 42.7 Å². The number of anilines is 1. The van der Waals surface area contributed by atoms with E-state index in [1.807, 2.05) is 18.2 Å². The van der Waals surface area contributed by atoms with E-state index < -0.39 is 5.97 Å². The molecule has 2 amide bonds. The van der Waals surface area contributed by atoms with E-state index >= 15 is 0 Å². The Balaban J connectivity index is 1.76. The predicted molar refractivity (Wildman–Crippen MR) is 78.6 cm³/mol. The number of pyridine rings is 2. The summed E-state index contributed by atoms with van der Waals surface area (Å²) in [5, 5.41) is 9.01. The highest BCUT2D eigenvalue weighted by atomic mass is 16.4. The highest BCUT2D eigenvalue weighted by Gasteiger charge is 2.30. The van der Waals surface area contributed by atoms with Gasteiger partial charge in [-0.15, -0.1) is 0 Å². The number of carbonyl (C=O) groups excluding carboxylic acids is 1. The monoisotopic (exact) mass is 298 g/mol. The van der Waals surface area contributed by atoms with Crippen molar-refractivity contribution < 1.29 is 14.7 Å². The second-order valence-electron chi connectivity index (χ2n) is 4.88. The first-order valence-electron chi connectivity index (χ1n) is 6.81. The fraction of sp³-hybridized carbons (Fsp3) is 0.200. The van der Waals surface area contributed by atoms with Crippen LogP contribution in [0.5, 0.6) is 0 Å². The number of nitrogens with zero attached hydrogens (tertiary/aromatic N) is 4. The van der Waals surface area contributed by atoms with Gasteiger partial charge < -0.3 is 10.0 Å². The molecule has 0 unspecified atom stereocenters. The van der Waals surface area contributed by atoms with Gasteiger partial charge in [0.05, 0.1) is 17.8 Å². The van der Waals surface area contributed by atoms with E-state index in [1.165, 1.54) is 23.2 Å². The van der Waals surface area contributed by atoms with Gasteiger partial charge in [-0.05, 0) is 24.3 Å². The second kappa shape index (κ2) is 5.80. The molecule has 0 bridgehead atoms. The number of carboxylic acid groups (broad SMARTS) is 1. The van der Waals surface area contributed by atoms with Crippen LogP contribution in [-0.2, 0) is 6.54 Å². The van der Waals surface area contributed by atoms with Gasteiger partial charge in [-0.3, -0.25) is 9.88 Å². The van der Waals surface area contributed by atoms with Crippen LogP contribution in [-0.4, -0.2) is 45.1 Å². The number of aromatic carboxylic acids is 1. The van der Waals surface area contributed by atoms with Crippen LogP contribution in [0.25, 0.3) is 0 Å². The molecule has 3 heterocycles. The number of carboxylic acids is 1. The first kappa shape index (κ1) is 14.0. The van der Waals surface area contributed by atoms with Crippen LogP contribution in [0.1, 0.15) is 16.1 Å². The van der Waals surface area contributed by atoms with Crippen LogP contribution in [0.3, 0.4) is 0 Å². The molecule has 1 saturated heterocycles. The third kappa shape index (κ3) is 2.73. The zero-order chi connectivity index (χ0) is 15.5. The van der Waals surface area contributed by atoms with Crippen LogP contribution in [0, 0.1) is 0 Å². The van der Waals surface area contributed by atoms with E-state index in [0.717, 1.165) is 5.69 Å². The summed E-state index contributed by atoms with van der Waals surface area (Å²) in [4.78, 5) is 34.9. The molecular weight excluding hydrogens is 284 g/mol. The Hall–Kier alpha value is -2.96. The molecule has 7 heteroatoms. The molecule has 22 heavy (non-hydrogen) atoms. The van der Waals surface area contributed by atoms with E-state index in [-0.39, 0.29) is 11.6 Å². The van der Waals surface area contributed by atoms with Crippen molar-refractivity contribution in [2.75, 3.05) is 18.0 Å². The van der Waals surface area contributed by atoms with Gasteiger partial charge in [-0.1, -0.05) is 6.07 Å². The lowest BCUT2D eigenvalue weighted by Gasteiger charge is -2.17. The van der Waals surface area contributed by atoms with Gasteiger partial charge in [0.2, 0.25) is 0 Å². The number of rotatable bonds is 4. The molecule has 2 aromatic rings. The summed E-state index contributed by atoms with van der Waals surface area (Å²) in [5.41, 5.74) is 0.922. The smallest absolute Gasteiger partial charge is 0.335 e. The molecule has 0 spiro atoms. The molecule has 0 aliphatic carbocycles. The number of amides is 2. The maximum atomic E-state index is 12.4. The van der Waals surface area contributed by atoms with Gasteiger partial charge in [0.25, 0.3) is 0 Å². The molecular formula is C15H14N4O3. The van der Waals surface area contributed by atoms with Crippen molar-refractivity contribution in [3.8, 4) is 0 Å². The first-order valence-corrected chi connectivity index (χ1v) is 6.81. The fourth-order valence-electron chi connectivity index (χ4n) is 2.33. The minimum Gasteiger partial charge on any atom is -0.478 e. The van der Waals surface area contributed by atoms with E-state index in [2.05, 4.69) is 9.97 Å². The summed E-state index contributed by atoms with van der Waals surface area (Å²) in [6.07, 6.45) is 3.08. The SMILES string of the molecule is O=C(O)c1ccnc(N2CCN(Cc3ccccn3)C2=O)c1. The number of urea groups is 1. The topological polar surface area (TPSA) is 86.6 Å². The Morgan fingerprint density at radius 2 is 2.05 bits per heavy atom. The van der Waals surface area contributed by atoms with Crippen molar-refractivity contribution >= 4 is 17.8 Å². The van der Waals surface area contributed by atoms with Gasteiger partial charge in [0.1, 0.15) is 5.82 Å². The summed E-state index contributed by atoms with van der Waals surface area (Å²) < 4.78 is 0. The third-order valence-corrected chi connectivity index (χ3v) is 3.44. The van der Waals surface area contributed by atoms with Crippen molar-refractivity contribution in [1.29, 1.82) is 0 Å². The molecule has 1 fully saturated rings. The molecule has 112 valence electrons. The van der Waals surface area contributed by atoms with E-state index in [9.17, 15) is 9.59 Å². The number of hydrogen-bond acceptors (Lipinski definition) is 4. The third-order valence-electron chi connectivity index (χ3n) is 3.44. The molecule has 7 nitrogen and oxygen atoms in total. The average Bonchev–Trinajstić information content (AvgIpc) is 2.89. The van der Waals surface area contributed by atoms with E-state index in [1.54, 1.807) is 11.1 Å². The minimum atomic E-state index is -1.04. The van der Waals surface area contributed by atoms with Gasteiger partial charge in [-0.2, -0.15) is 0 Å². The van der Waals surface area contributed by atoms with Gasteiger partial charge >= 0.3 is 12.0 Å². The number of carbonyl (C=O) groups is 2. The summed E-state index contributed by atoms with van der Waals surface area (Å²) >= 11 is 0. The summed E-state index contributed by atoms with van der Waals surface area (Å²) in [5.74, 6) is -0.686. The molecule has 0 radical (unpaired) electrons. The summed E-state index contributed by atoms with van der Waals surface area (Å²) in [6, 6.07) is 8.17. The highest BCUT2D eigenvalue weighted by Crippen LogP contribution is 2.20. The van der Waals surface area contributed by atoms with E-state index in [0.29, 0.717) is 25.5 Å². The molecule has 0 aromatic carbocycles. The molecule has 3 rings (SSSR count). The van der Waals surface area contributed by atoms with Crippen LogP contribution >= 0.6 is 0 Å². The van der Waals surface area contributed by atoms with Gasteiger partial charge in [-0.25, -0.2) is 14.6 Å². The summed E-state index contributed by atoms with van der Waals surface area (Å²) in [7, 11) is 0. The first-order chi connectivity index (χ1) is 10.6. The quantitative estimate of drug-likeness (QED) is 0.926. The van der Waals surface area contributed by atoms with Crippen LogP contribution in [0.2, 0.25) is 0 Å². The fourth-order valence-corrected chi connectivity index (χ4v) is 2.33. The van der Waals surface area contributed by atoms with Crippen molar-refractivity contribution in [3.05, 3.63) is 54.0 Å². The zero-order valence-corrected chi connectivity index (χ0v) is 11.7. The predicted octanol–water partition coefficient (Wildman–Crippen LogP) is 1.62. The van der Waals surface area contributed by atoms with Gasteiger partial charge in [0.15, 0.2) is 0 Å². The molecule has 1 aliphatic rings. The van der Waals surface area contributed by atoms with Gasteiger partial charge in [0, 0.05) is 25.5 Å². The van der Waals surface area contributed by atoms with Crippen molar-refractivity contribution in [3.63, 3.8) is 0 Å². The van der Waals surface area contributed by atoms with Crippen LogP contribution in [0.4, 0.5) is 10.6 Å². The maximum absolute atomic E-state index is 12.4. The zero-order valence-electron chi connectivity index (χ0n) is 11.7. The highest BCUT2D eigenvalue weighted by molar-refractivity contribution is 5.95. The lowest BCUT2D eigenvalue weighted by molar-refractivity contribution is 0.0696. The number of hydrogen-bond donors (Lipinski definition) is 1. The lowest BCUT2D eigenvalue weighted by atomic mass is 10.2. The van der Waals surface area contributed by atoms with Crippen molar-refractivity contribution in [2.45, 2.75) is 6.54 Å². The Morgan fingerprint density at radius 1 is 1.18 bits per heavy atom. The maximum Gasteiger partial charge on any atom is 0.335 e. The lowest BCUT2D eigenvalue weighted by Crippen LogP contribution is -2.32. The van der Waals surface area contributed by atoms with Crippen LogP contribution < -0.4 is 4.90 Å². The molecule has 2 aromatic heterocycles. The second-order valence-corrected chi connectivity index (χ2v) is 4.88. The Bertz CT molecular complexity index is 705. The largest absolute Gasteiger partial charge is 0.478 e. The van der Waals surface area contributed by atoms with Crippen molar-refractivity contribution in [1.82, 2.24) is 14.9 Å². The Labute approximate surface area is 126 Å². The molecule has 1 N–H and O–H groups in total. The molecule has 0 atom stereocenters. The molecule has 1 aliphatic heterocycles. The normalized spacial score (nSPS) is 14.5. The number of aromatic nitrogens is 2. The standard InChI is InChI=1S/C15H14N4O3/c20-14(21)11-4-6-17-13(9-11)19-8-7-18(15(19)22)10-12-3-1-2-5-16-12/h1-6,9H,7-8,10H2,(H,20,21). The Kier molecular flexibility index (Phi) is 3.69. The minimum absolute atomic E-state index is 0.112. The molecule has 0 saturated carbocycles.